The second-order valence-electron chi connectivity index (χ2n) is 4.09. The predicted octanol–water partition coefficient (Wildman–Crippen LogP) is 3.87. The molecule has 2 nitrogen and oxygen atoms in total. The molecule has 3 unspecified atom stereocenters. The van der Waals surface area contributed by atoms with Crippen LogP contribution in [0.2, 0.25) is 0 Å². The van der Waals surface area contributed by atoms with Gasteiger partial charge in [-0.3, -0.25) is 0 Å². The van der Waals surface area contributed by atoms with Gasteiger partial charge in [0.05, 0.1) is 11.7 Å². The molecule has 0 fully saturated rings. The predicted molar refractivity (Wildman–Crippen MR) is 76.2 cm³/mol. The van der Waals surface area contributed by atoms with Gasteiger partial charge in [-0.25, -0.2) is 0 Å². The minimum Gasteiger partial charge on any atom is -0.359 e. The molecule has 0 aliphatic rings. The third kappa shape index (κ3) is 6.34. The van der Waals surface area contributed by atoms with E-state index in [-0.39, 0.29) is 11.7 Å². The van der Waals surface area contributed by atoms with Crippen LogP contribution in [-0.4, -0.2) is 17.0 Å². The van der Waals surface area contributed by atoms with E-state index < -0.39 is 0 Å². The van der Waals surface area contributed by atoms with Gasteiger partial charge >= 0.3 is 0 Å². The first-order chi connectivity index (χ1) is 6.97. The number of halogens is 1. The molecule has 0 saturated carbocycles. The molecule has 5 heteroatoms. The Bertz CT molecular complexity index is 208. The van der Waals surface area contributed by atoms with E-state index in [1.54, 1.807) is 0 Å². The lowest BCUT2D eigenvalue weighted by molar-refractivity contribution is 0.00564. The first kappa shape index (κ1) is 16.0. The Kier molecular flexibility index (Phi) is 8.69. The number of hydrogen-bond donors (Lipinski definition) is 0. The van der Waals surface area contributed by atoms with Crippen molar-refractivity contribution in [2.24, 2.45) is 0 Å². The lowest BCUT2D eigenvalue weighted by atomic mass is 9.96. The van der Waals surface area contributed by atoms with Gasteiger partial charge < -0.3 is 9.05 Å². The summed E-state index contributed by atoms with van der Waals surface area (Å²) in [6, 6.07) is 0. The molecule has 0 amide bonds. The van der Waals surface area contributed by atoms with Crippen molar-refractivity contribution in [3.63, 3.8) is 0 Å². The monoisotopic (exact) mass is 314 g/mol. The molecule has 0 rings (SSSR count). The summed E-state index contributed by atoms with van der Waals surface area (Å²) in [5, 5.41) is 0.911. The van der Waals surface area contributed by atoms with Crippen molar-refractivity contribution in [3.05, 3.63) is 11.6 Å². The first-order valence-corrected chi connectivity index (χ1v) is 6.99. The molecular formula is C10H21BrO2P2. The van der Waals surface area contributed by atoms with Gasteiger partial charge in [-0.05, 0) is 33.6 Å². The zero-order chi connectivity index (χ0) is 11.9. The molecule has 0 spiro atoms. The van der Waals surface area contributed by atoms with Gasteiger partial charge in [0, 0.05) is 24.3 Å². The summed E-state index contributed by atoms with van der Waals surface area (Å²) in [5.41, 5.74) is 1.10. The average Bonchev–Trinajstić information content (AvgIpc) is 2.19. The van der Waals surface area contributed by atoms with Crippen molar-refractivity contribution >= 4 is 34.9 Å². The van der Waals surface area contributed by atoms with Crippen LogP contribution >= 0.6 is 34.9 Å². The Labute approximate surface area is 106 Å². The topological polar surface area (TPSA) is 18.5 Å². The van der Waals surface area contributed by atoms with E-state index in [2.05, 4.69) is 47.9 Å². The molecule has 90 valence electrons. The second-order valence-corrected chi connectivity index (χ2v) is 5.24. The van der Waals surface area contributed by atoms with Crippen molar-refractivity contribution in [3.8, 4) is 0 Å². The molecule has 0 bridgehead atoms. The number of allylic oxidation sites excluding steroid dienone is 2. The number of alkyl halides is 1. The van der Waals surface area contributed by atoms with E-state index in [4.69, 9.17) is 9.05 Å². The van der Waals surface area contributed by atoms with Crippen LogP contribution in [0.4, 0.5) is 0 Å². The fraction of sp³-hybridized carbons (Fsp3) is 0.800. The third-order valence-electron chi connectivity index (χ3n) is 2.47. The first-order valence-electron chi connectivity index (χ1n) is 4.93. The maximum absolute atomic E-state index is 5.37. The second kappa shape index (κ2) is 8.14. The third-order valence-corrected chi connectivity index (χ3v) is 3.73. The van der Waals surface area contributed by atoms with Crippen LogP contribution in [0.3, 0.4) is 0 Å². The van der Waals surface area contributed by atoms with Crippen molar-refractivity contribution in [1.82, 2.24) is 0 Å². The summed E-state index contributed by atoms with van der Waals surface area (Å²) >= 11 is 3.39. The standard InChI is InChI=1S/C10H21BrO2P2/c1-8(6-7-11)4-5-9(12-14)10(2,3)13-15/h6,9H,4-5,7,14-15H2,1-3H3. The van der Waals surface area contributed by atoms with Gasteiger partial charge in [-0.1, -0.05) is 27.6 Å². The van der Waals surface area contributed by atoms with Gasteiger partial charge in [-0.2, -0.15) is 0 Å². The van der Waals surface area contributed by atoms with Crippen LogP contribution in [0.5, 0.6) is 0 Å². The van der Waals surface area contributed by atoms with Crippen molar-refractivity contribution < 1.29 is 9.05 Å². The lowest BCUT2D eigenvalue weighted by Gasteiger charge is -2.31. The Hall–Kier alpha value is 1.00. The van der Waals surface area contributed by atoms with Gasteiger partial charge in [0.25, 0.3) is 0 Å². The minimum absolute atomic E-state index is 0.0821. The molecule has 0 aliphatic heterocycles. The average molecular weight is 315 g/mol. The van der Waals surface area contributed by atoms with Crippen molar-refractivity contribution in [2.75, 3.05) is 5.33 Å². The highest BCUT2D eigenvalue weighted by molar-refractivity contribution is 9.09. The van der Waals surface area contributed by atoms with Crippen LogP contribution < -0.4 is 0 Å². The largest absolute Gasteiger partial charge is 0.359 e. The van der Waals surface area contributed by atoms with Crippen LogP contribution in [0, 0.1) is 0 Å². The zero-order valence-electron chi connectivity index (χ0n) is 9.63. The molecule has 15 heavy (non-hydrogen) atoms. The Morgan fingerprint density at radius 3 is 2.47 bits per heavy atom. The Morgan fingerprint density at radius 1 is 1.47 bits per heavy atom. The molecule has 0 radical (unpaired) electrons. The van der Waals surface area contributed by atoms with Gasteiger partial charge in [-0.15, -0.1) is 0 Å². The van der Waals surface area contributed by atoms with E-state index in [0.29, 0.717) is 0 Å². The summed E-state index contributed by atoms with van der Waals surface area (Å²) in [6.07, 6.45) is 4.25. The zero-order valence-corrected chi connectivity index (χ0v) is 13.5. The van der Waals surface area contributed by atoms with Crippen LogP contribution in [-0.2, 0) is 9.05 Å². The lowest BCUT2D eigenvalue weighted by Crippen LogP contribution is -2.37. The highest BCUT2D eigenvalue weighted by atomic mass is 79.9. The van der Waals surface area contributed by atoms with Crippen LogP contribution in [0.25, 0.3) is 0 Å². The quantitative estimate of drug-likeness (QED) is 0.403. The summed E-state index contributed by atoms with van der Waals surface area (Å²) in [6.45, 7) is 6.19. The van der Waals surface area contributed by atoms with Crippen LogP contribution in [0.1, 0.15) is 33.6 Å². The molecule has 0 aliphatic carbocycles. The minimum atomic E-state index is -0.277. The van der Waals surface area contributed by atoms with E-state index in [0.717, 1.165) is 18.2 Å². The highest BCUT2D eigenvalue weighted by Gasteiger charge is 2.29. The van der Waals surface area contributed by atoms with Gasteiger partial charge in [0.15, 0.2) is 0 Å². The van der Waals surface area contributed by atoms with Gasteiger partial charge in [0.2, 0.25) is 0 Å². The molecule has 0 aromatic rings. The molecule has 3 atom stereocenters. The normalized spacial score (nSPS) is 15.5. The summed E-state index contributed by atoms with van der Waals surface area (Å²) in [7, 11) is 4.63. The summed E-state index contributed by atoms with van der Waals surface area (Å²) in [4.78, 5) is 0. The number of hydrogen-bond acceptors (Lipinski definition) is 2. The fourth-order valence-corrected chi connectivity index (χ4v) is 2.42. The van der Waals surface area contributed by atoms with E-state index in [1.165, 1.54) is 5.57 Å². The van der Waals surface area contributed by atoms with Gasteiger partial charge in [0.1, 0.15) is 0 Å². The summed E-state index contributed by atoms with van der Waals surface area (Å²) < 4.78 is 10.7. The highest BCUT2D eigenvalue weighted by Crippen LogP contribution is 2.27. The molecule has 0 N–H and O–H groups in total. The maximum atomic E-state index is 5.37. The molecule has 0 aromatic carbocycles. The van der Waals surface area contributed by atoms with E-state index in [1.807, 2.05) is 13.8 Å². The molecule has 0 heterocycles. The van der Waals surface area contributed by atoms with E-state index in [9.17, 15) is 0 Å². The Balaban J connectivity index is 4.18. The summed E-state index contributed by atoms with van der Waals surface area (Å²) in [5.74, 6) is 0. The fourth-order valence-electron chi connectivity index (χ4n) is 1.25. The smallest absolute Gasteiger partial charge is 0.0925 e. The Morgan fingerprint density at radius 2 is 2.07 bits per heavy atom. The van der Waals surface area contributed by atoms with Crippen molar-refractivity contribution in [2.45, 2.75) is 45.3 Å². The SMILES string of the molecule is CC(=CCBr)CCC(OP)C(C)(C)OP. The van der Waals surface area contributed by atoms with E-state index >= 15 is 0 Å². The molecular weight excluding hydrogens is 294 g/mol. The van der Waals surface area contributed by atoms with Crippen LogP contribution in [0.15, 0.2) is 11.6 Å². The molecule has 0 saturated heterocycles. The maximum Gasteiger partial charge on any atom is 0.0925 e. The van der Waals surface area contributed by atoms with Crippen molar-refractivity contribution in [1.29, 1.82) is 0 Å². The molecule has 0 aromatic heterocycles. The number of rotatable bonds is 7.